The SMILES string of the molecule is Cc1nc(-c2ccc(C(F)(F)F)cc2)sc1C(OCC(F)(F)F)c1ccc(-c2noc(=O)[nH]2)c(Cl)c1. The van der Waals surface area contributed by atoms with Crippen molar-refractivity contribution in [2.24, 2.45) is 0 Å². The summed E-state index contributed by atoms with van der Waals surface area (Å²) in [4.78, 5) is 18.2. The van der Waals surface area contributed by atoms with E-state index in [2.05, 4.69) is 19.6 Å². The van der Waals surface area contributed by atoms with Crippen molar-refractivity contribution < 1.29 is 35.6 Å². The molecule has 2 aromatic heterocycles. The molecule has 1 unspecified atom stereocenters. The van der Waals surface area contributed by atoms with Crippen LogP contribution in [0.2, 0.25) is 5.02 Å². The Hall–Kier alpha value is -3.16. The minimum absolute atomic E-state index is 0.0304. The first-order valence-electron chi connectivity index (χ1n) is 10.0. The molecule has 0 saturated heterocycles. The Balaban J connectivity index is 1.72. The summed E-state index contributed by atoms with van der Waals surface area (Å²) in [6.07, 6.45) is -10.4. The summed E-state index contributed by atoms with van der Waals surface area (Å²) < 4.78 is 87.3. The third-order valence-corrected chi connectivity index (χ3v) is 6.50. The van der Waals surface area contributed by atoms with Crippen LogP contribution in [0, 0.1) is 6.92 Å². The molecular formula is C22H14ClF6N3O3S. The Kier molecular flexibility index (Phi) is 6.99. The lowest BCUT2D eigenvalue weighted by molar-refractivity contribution is -0.181. The van der Waals surface area contributed by atoms with Gasteiger partial charge in [0.05, 0.1) is 21.2 Å². The topological polar surface area (TPSA) is 81.0 Å². The van der Waals surface area contributed by atoms with Crippen LogP contribution >= 0.6 is 22.9 Å². The van der Waals surface area contributed by atoms with Gasteiger partial charge in [-0.3, -0.25) is 9.51 Å². The van der Waals surface area contributed by atoms with E-state index in [1.54, 1.807) is 6.92 Å². The quantitative estimate of drug-likeness (QED) is 0.267. The molecule has 14 heteroatoms. The maximum Gasteiger partial charge on any atom is 0.439 e. The zero-order valence-corrected chi connectivity index (χ0v) is 19.6. The highest BCUT2D eigenvalue weighted by Crippen LogP contribution is 2.40. The second-order valence-corrected chi connectivity index (χ2v) is 8.97. The lowest BCUT2D eigenvalue weighted by Gasteiger charge is -2.19. The largest absolute Gasteiger partial charge is 0.439 e. The first kappa shape index (κ1) is 25.9. The monoisotopic (exact) mass is 549 g/mol. The average Bonchev–Trinajstić information content (AvgIpc) is 3.38. The fraction of sp³-hybridized carbons (Fsp3) is 0.227. The number of aryl methyl sites for hydroxylation is 1. The number of hydrogen-bond acceptors (Lipinski definition) is 6. The fourth-order valence-electron chi connectivity index (χ4n) is 3.31. The van der Waals surface area contributed by atoms with E-state index < -0.39 is 36.4 Å². The molecule has 4 aromatic rings. The molecule has 0 radical (unpaired) electrons. The van der Waals surface area contributed by atoms with Gasteiger partial charge in [-0.1, -0.05) is 35.0 Å². The average molecular weight is 550 g/mol. The summed E-state index contributed by atoms with van der Waals surface area (Å²) in [6, 6.07) is 8.52. The smallest absolute Gasteiger partial charge is 0.358 e. The number of H-pyrrole nitrogens is 1. The molecule has 190 valence electrons. The molecule has 0 fully saturated rings. The molecule has 2 aromatic carbocycles. The number of thiazole rings is 1. The number of benzene rings is 2. The standard InChI is InChI=1S/C22H14ClF6N3O3S/c1-10-17(36-19(30-10)11-2-5-13(6-3-11)22(27,28)29)16(34-9-21(24,25)26)12-4-7-14(15(23)8-12)18-31-20(33)35-32-18/h2-8,16H,9H2,1H3,(H,31,32,33). The molecule has 0 bridgehead atoms. The fourth-order valence-corrected chi connectivity index (χ4v) is 4.74. The number of nitrogens with one attached hydrogen (secondary N) is 1. The number of alkyl halides is 6. The van der Waals surface area contributed by atoms with Crippen molar-refractivity contribution >= 4 is 22.9 Å². The van der Waals surface area contributed by atoms with E-state index in [1.165, 1.54) is 30.3 Å². The number of hydrogen-bond donors (Lipinski definition) is 1. The van der Waals surface area contributed by atoms with Crippen LogP contribution in [0.5, 0.6) is 0 Å². The molecule has 2 heterocycles. The molecule has 0 spiro atoms. The van der Waals surface area contributed by atoms with Gasteiger partial charge in [0.15, 0.2) is 5.82 Å². The highest BCUT2D eigenvalue weighted by atomic mass is 35.5. The van der Waals surface area contributed by atoms with Crippen LogP contribution < -0.4 is 5.76 Å². The molecule has 0 aliphatic heterocycles. The van der Waals surface area contributed by atoms with Gasteiger partial charge >= 0.3 is 18.1 Å². The van der Waals surface area contributed by atoms with Crippen molar-refractivity contribution in [2.45, 2.75) is 25.4 Å². The predicted octanol–water partition coefficient (Wildman–Crippen LogP) is 6.80. The lowest BCUT2D eigenvalue weighted by atomic mass is 10.0. The molecule has 0 aliphatic carbocycles. The number of aromatic nitrogens is 3. The van der Waals surface area contributed by atoms with Gasteiger partial charge in [-0.05, 0) is 36.8 Å². The van der Waals surface area contributed by atoms with Gasteiger partial charge in [0.25, 0.3) is 0 Å². The summed E-state index contributed by atoms with van der Waals surface area (Å²) in [6.45, 7) is -0.0138. The number of ether oxygens (including phenoxy) is 1. The molecule has 36 heavy (non-hydrogen) atoms. The maximum atomic E-state index is 13.0. The van der Waals surface area contributed by atoms with Crippen LogP contribution in [0.25, 0.3) is 22.0 Å². The van der Waals surface area contributed by atoms with Gasteiger partial charge in [0.2, 0.25) is 0 Å². The van der Waals surface area contributed by atoms with Crippen LogP contribution in [-0.4, -0.2) is 27.9 Å². The summed E-state index contributed by atoms with van der Waals surface area (Å²) in [5.41, 5.74) is 0.384. The second kappa shape index (κ2) is 9.71. The minimum atomic E-state index is -4.63. The van der Waals surface area contributed by atoms with E-state index in [0.29, 0.717) is 21.1 Å². The van der Waals surface area contributed by atoms with Crippen LogP contribution in [0.3, 0.4) is 0 Å². The van der Waals surface area contributed by atoms with E-state index in [0.717, 1.165) is 23.5 Å². The first-order chi connectivity index (χ1) is 16.8. The lowest BCUT2D eigenvalue weighted by Crippen LogP contribution is -2.20. The minimum Gasteiger partial charge on any atom is -0.358 e. The summed E-state index contributed by atoms with van der Waals surface area (Å²) in [5, 5.41) is 3.90. The predicted molar refractivity (Wildman–Crippen MR) is 119 cm³/mol. The Labute approximate surface area is 207 Å². The zero-order chi connectivity index (χ0) is 26.3. The van der Waals surface area contributed by atoms with E-state index in [9.17, 15) is 31.1 Å². The third kappa shape index (κ3) is 5.79. The molecule has 1 N–H and O–H groups in total. The Morgan fingerprint density at radius 3 is 2.36 bits per heavy atom. The van der Waals surface area contributed by atoms with Gasteiger partial charge in [0, 0.05) is 11.1 Å². The molecule has 0 aliphatic rings. The van der Waals surface area contributed by atoms with Crippen molar-refractivity contribution in [1.29, 1.82) is 0 Å². The normalized spacial score (nSPS) is 13.2. The molecule has 4 rings (SSSR count). The number of nitrogens with zero attached hydrogens (tertiary/aromatic N) is 2. The summed E-state index contributed by atoms with van der Waals surface area (Å²) in [5.74, 6) is -0.782. The van der Waals surface area contributed by atoms with E-state index in [1.807, 2.05) is 0 Å². The third-order valence-electron chi connectivity index (χ3n) is 4.93. The van der Waals surface area contributed by atoms with Crippen LogP contribution in [-0.2, 0) is 10.9 Å². The summed E-state index contributed by atoms with van der Waals surface area (Å²) >= 11 is 7.29. The molecular weight excluding hydrogens is 536 g/mol. The molecule has 0 amide bonds. The highest BCUT2D eigenvalue weighted by Gasteiger charge is 2.33. The number of rotatable bonds is 6. The number of aromatic amines is 1. The molecule has 6 nitrogen and oxygen atoms in total. The van der Waals surface area contributed by atoms with E-state index in [-0.39, 0.29) is 22.0 Å². The first-order valence-corrected chi connectivity index (χ1v) is 11.2. The van der Waals surface area contributed by atoms with Crippen LogP contribution in [0.1, 0.15) is 27.8 Å². The second-order valence-electron chi connectivity index (χ2n) is 7.53. The van der Waals surface area contributed by atoms with Crippen molar-refractivity contribution in [2.75, 3.05) is 6.61 Å². The van der Waals surface area contributed by atoms with Crippen molar-refractivity contribution in [1.82, 2.24) is 15.1 Å². The van der Waals surface area contributed by atoms with Crippen LogP contribution in [0.15, 0.2) is 51.8 Å². The van der Waals surface area contributed by atoms with E-state index >= 15 is 0 Å². The van der Waals surface area contributed by atoms with Gasteiger partial charge in [-0.2, -0.15) is 26.3 Å². The van der Waals surface area contributed by atoms with Gasteiger partial charge in [-0.25, -0.2) is 9.78 Å². The van der Waals surface area contributed by atoms with Crippen molar-refractivity contribution in [3.63, 3.8) is 0 Å². The maximum absolute atomic E-state index is 13.0. The summed E-state index contributed by atoms with van der Waals surface area (Å²) in [7, 11) is 0. The van der Waals surface area contributed by atoms with Gasteiger partial charge in [0.1, 0.15) is 17.7 Å². The molecule has 0 saturated carbocycles. The Morgan fingerprint density at radius 2 is 1.81 bits per heavy atom. The number of halogens is 7. The van der Waals surface area contributed by atoms with Crippen molar-refractivity contribution in [3.8, 4) is 22.0 Å². The molecule has 1 atom stereocenters. The Bertz CT molecular complexity index is 1430. The van der Waals surface area contributed by atoms with Crippen LogP contribution in [0.4, 0.5) is 26.3 Å². The van der Waals surface area contributed by atoms with Crippen molar-refractivity contribution in [3.05, 3.63) is 79.7 Å². The van der Waals surface area contributed by atoms with Gasteiger partial charge in [-0.15, -0.1) is 11.3 Å². The van der Waals surface area contributed by atoms with Gasteiger partial charge < -0.3 is 4.74 Å². The highest BCUT2D eigenvalue weighted by molar-refractivity contribution is 7.15. The van der Waals surface area contributed by atoms with E-state index in [4.69, 9.17) is 16.3 Å². The Morgan fingerprint density at radius 1 is 1.11 bits per heavy atom. The zero-order valence-electron chi connectivity index (χ0n) is 18.0.